The fourth-order valence-corrected chi connectivity index (χ4v) is 4.92. The van der Waals surface area contributed by atoms with Crippen molar-refractivity contribution in [3.05, 3.63) is 95.2 Å². The Labute approximate surface area is 251 Å². The van der Waals surface area contributed by atoms with E-state index >= 15 is 0 Å². The molecular weight excluding hydrogens is 583 g/mol. The van der Waals surface area contributed by atoms with Crippen LogP contribution in [-0.2, 0) is 23.0 Å². The fourth-order valence-electron chi connectivity index (χ4n) is 4.17. The topological polar surface area (TPSA) is 116 Å². The first-order valence-corrected chi connectivity index (χ1v) is 15.2. The molecule has 0 saturated carbocycles. The summed E-state index contributed by atoms with van der Waals surface area (Å²) < 4.78 is 76.3. The van der Waals surface area contributed by atoms with E-state index in [-0.39, 0.29) is 37.0 Å². The molecule has 2 aromatic heterocycles. The minimum absolute atomic E-state index is 0.0204. The van der Waals surface area contributed by atoms with E-state index in [9.17, 15) is 12.8 Å². The van der Waals surface area contributed by atoms with Crippen molar-refractivity contribution in [3.8, 4) is 22.8 Å². The smallest absolute Gasteiger partial charge is 0.148 e. The largest absolute Gasteiger partial charge is 0.496 e. The van der Waals surface area contributed by atoms with Crippen LogP contribution < -0.4 is 20.1 Å². The summed E-state index contributed by atoms with van der Waals surface area (Å²) in [6.45, 7) is 0.640. The molecule has 218 valence electrons. The number of aromatic nitrogens is 2. The lowest BCUT2D eigenvalue weighted by Gasteiger charge is -2.13. The molecule has 0 bridgehead atoms. The summed E-state index contributed by atoms with van der Waals surface area (Å²) in [7, 11) is -5.85. The minimum Gasteiger partial charge on any atom is -0.496 e. The van der Waals surface area contributed by atoms with Gasteiger partial charge in [-0.1, -0.05) is 23.7 Å². The van der Waals surface area contributed by atoms with Crippen LogP contribution in [0.15, 0.2) is 77.5 Å². The molecule has 9 nitrogen and oxygen atoms in total. The van der Waals surface area contributed by atoms with Gasteiger partial charge < -0.3 is 24.5 Å². The monoisotopic (exact) mass is 613 g/mol. The number of hydrogen-bond donors (Lipinski definition) is 2. The van der Waals surface area contributed by atoms with Crippen LogP contribution in [0.25, 0.3) is 22.2 Å². The molecule has 5 aromatic rings. The summed E-state index contributed by atoms with van der Waals surface area (Å²) in [6, 6.07) is 17.7. The predicted octanol–water partition coefficient (Wildman–Crippen LogP) is 6.15. The van der Waals surface area contributed by atoms with Gasteiger partial charge in [0.15, 0.2) is 0 Å². The number of furan rings is 1. The Balaban J connectivity index is 1.40. The van der Waals surface area contributed by atoms with Crippen LogP contribution in [0.4, 0.5) is 15.9 Å². The number of rotatable bonds is 12. The zero-order valence-corrected chi connectivity index (χ0v) is 23.9. The summed E-state index contributed by atoms with van der Waals surface area (Å²) in [5.41, 5.74) is 2.00. The maximum atomic E-state index is 13.5. The average molecular weight is 614 g/mol. The molecule has 42 heavy (non-hydrogen) atoms. The summed E-state index contributed by atoms with van der Waals surface area (Å²) in [6.07, 6.45) is 2.49. The zero-order valence-electron chi connectivity index (χ0n) is 25.4. The van der Waals surface area contributed by atoms with E-state index in [1.54, 1.807) is 48.5 Å². The van der Waals surface area contributed by atoms with Gasteiger partial charge in [-0.15, -0.1) is 0 Å². The SMILES string of the molecule is [2H]C([2H])([2H])Oc1cc2ncnc(Nc3ccc(OCc4cccc(F)c4)c(Cl)c3)c2cc1-c1ccc(CNCCS(C)(=O)=O)o1. The molecule has 2 N–H and O–H groups in total. The molecule has 0 radical (unpaired) electrons. The van der Waals surface area contributed by atoms with Crippen LogP contribution in [0.2, 0.25) is 5.02 Å². The third-order valence-electron chi connectivity index (χ3n) is 6.20. The van der Waals surface area contributed by atoms with E-state index in [4.69, 9.17) is 29.6 Å². The van der Waals surface area contributed by atoms with E-state index in [1.165, 1.54) is 24.5 Å². The number of methoxy groups -OCH3 is 1. The molecule has 0 aliphatic heterocycles. The van der Waals surface area contributed by atoms with Gasteiger partial charge in [0, 0.05) is 29.9 Å². The summed E-state index contributed by atoms with van der Waals surface area (Å²) in [5, 5.41) is 7.08. The first kappa shape index (κ1) is 25.5. The Morgan fingerprint density at radius 2 is 1.95 bits per heavy atom. The maximum Gasteiger partial charge on any atom is 0.148 e. The van der Waals surface area contributed by atoms with Crippen molar-refractivity contribution in [2.24, 2.45) is 0 Å². The Morgan fingerprint density at radius 3 is 2.74 bits per heavy atom. The molecule has 5 rings (SSSR count). The number of anilines is 2. The molecule has 0 spiro atoms. The highest BCUT2D eigenvalue weighted by Gasteiger charge is 2.16. The van der Waals surface area contributed by atoms with E-state index in [2.05, 4.69) is 20.6 Å². The van der Waals surface area contributed by atoms with Crippen molar-refractivity contribution in [1.82, 2.24) is 15.3 Å². The van der Waals surface area contributed by atoms with Crippen molar-refractivity contribution in [3.63, 3.8) is 0 Å². The molecule has 3 aromatic carbocycles. The van der Waals surface area contributed by atoms with E-state index in [0.29, 0.717) is 55.8 Å². The molecule has 0 aliphatic rings. The second kappa shape index (κ2) is 12.8. The van der Waals surface area contributed by atoms with Crippen molar-refractivity contribution < 1.29 is 30.8 Å². The lowest BCUT2D eigenvalue weighted by molar-refractivity contribution is 0.306. The van der Waals surface area contributed by atoms with Crippen molar-refractivity contribution in [2.45, 2.75) is 13.2 Å². The second-order valence-corrected chi connectivity index (χ2v) is 12.1. The van der Waals surface area contributed by atoms with Crippen LogP contribution in [0, 0.1) is 5.82 Å². The first-order chi connectivity index (χ1) is 21.3. The van der Waals surface area contributed by atoms with Gasteiger partial charge in [0.25, 0.3) is 0 Å². The summed E-state index contributed by atoms with van der Waals surface area (Å²) in [5.74, 6) is 1.30. The minimum atomic E-state index is -3.11. The van der Waals surface area contributed by atoms with Crippen LogP contribution in [-0.4, -0.2) is 44.0 Å². The number of ether oxygens (including phenoxy) is 2. The van der Waals surface area contributed by atoms with E-state index in [0.717, 1.165) is 6.26 Å². The Kier molecular flexibility index (Phi) is 7.75. The molecule has 12 heteroatoms. The molecule has 0 amide bonds. The first-order valence-electron chi connectivity index (χ1n) is 14.2. The van der Waals surface area contributed by atoms with Crippen molar-refractivity contribution >= 4 is 43.8 Å². The lowest BCUT2D eigenvalue weighted by Crippen LogP contribution is -2.21. The number of nitrogens with one attached hydrogen (secondary N) is 2. The number of nitrogens with zero attached hydrogens (tertiary/aromatic N) is 2. The molecule has 2 heterocycles. The zero-order chi connectivity index (χ0) is 32.2. The van der Waals surface area contributed by atoms with Gasteiger partial charge >= 0.3 is 0 Å². The van der Waals surface area contributed by atoms with Crippen LogP contribution in [0.5, 0.6) is 11.5 Å². The van der Waals surface area contributed by atoms with Gasteiger partial charge in [-0.3, -0.25) is 0 Å². The lowest BCUT2D eigenvalue weighted by atomic mass is 10.1. The van der Waals surface area contributed by atoms with Gasteiger partial charge in [-0.2, -0.15) is 0 Å². The molecule has 0 unspecified atom stereocenters. The number of fused-ring (bicyclic) bond motifs is 1. The summed E-state index contributed by atoms with van der Waals surface area (Å²) in [4.78, 5) is 8.68. The average Bonchev–Trinajstić information content (AvgIpc) is 3.42. The number of benzene rings is 3. The van der Waals surface area contributed by atoms with E-state index < -0.39 is 16.9 Å². The maximum absolute atomic E-state index is 13.5. The second-order valence-electron chi connectivity index (χ2n) is 9.45. The van der Waals surface area contributed by atoms with Crippen LogP contribution >= 0.6 is 11.6 Å². The van der Waals surface area contributed by atoms with Gasteiger partial charge in [0.1, 0.15) is 57.4 Å². The van der Waals surface area contributed by atoms with Gasteiger partial charge in [0.05, 0.1) is 39.6 Å². The summed E-state index contributed by atoms with van der Waals surface area (Å²) >= 11 is 6.48. The Bertz CT molecular complexity index is 1940. The molecule has 0 fully saturated rings. The van der Waals surface area contributed by atoms with Crippen LogP contribution in [0.3, 0.4) is 0 Å². The Hall–Kier alpha value is -4.19. The highest BCUT2D eigenvalue weighted by atomic mass is 35.5. The third-order valence-corrected chi connectivity index (χ3v) is 7.44. The molecule has 0 aliphatic carbocycles. The van der Waals surface area contributed by atoms with Gasteiger partial charge in [0.2, 0.25) is 0 Å². The number of halogens is 2. The van der Waals surface area contributed by atoms with Gasteiger partial charge in [-0.05, 0) is 54.1 Å². The van der Waals surface area contributed by atoms with Crippen LogP contribution in [0.1, 0.15) is 15.4 Å². The standard InChI is InChI=1S/C30H28ClFN4O5S/c1-39-29-15-26-23(14-24(29)27-9-7-22(41-27)16-33-10-11-42(2,37)38)30(35-18-34-26)36-21-6-8-28(25(31)13-21)40-17-19-4-3-5-20(32)12-19/h3-9,12-15,18,33H,10-11,16-17H2,1-2H3,(H,34,35,36)/i1D3. The highest BCUT2D eigenvalue weighted by Crippen LogP contribution is 2.37. The van der Waals surface area contributed by atoms with E-state index in [1.807, 2.05) is 0 Å². The number of hydrogen-bond acceptors (Lipinski definition) is 9. The molecule has 0 saturated heterocycles. The molecular formula is C30H28ClFN4O5S. The molecule has 0 atom stereocenters. The fraction of sp³-hybridized carbons (Fsp3) is 0.200. The van der Waals surface area contributed by atoms with Crippen molar-refractivity contribution in [2.75, 3.05) is 30.9 Å². The number of sulfone groups is 1. The Morgan fingerprint density at radius 1 is 1.07 bits per heavy atom. The van der Waals surface area contributed by atoms with Gasteiger partial charge in [-0.25, -0.2) is 22.8 Å². The highest BCUT2D eigenvalue weighted by molar-refractivity contribution is 7.90. The predicted molar refractivity (Wildman–Crippen MR) is 161 cm³/mol. The quantitative estimate of drug-likeness (QED) is 0.160. The normalized spacial score (nSPS) is 12.9. The third kappa shape index (κ3) is 7.35. The van der Waals surface area contributed by atoms with Crippen molar-refractivity contribution in [1.29, 1.82) is 0 Å².